The van der Waals surface area contributed by atoms with E-state index in [1.807, 2.05) is 0 Å². The lowest BCUT2D eigenvalue weighted by Crippen LogP contribution is -2.27. The lowest BCUT2D eigenvalue weighted by Gasteiger charge is -2.13. The van der Waals surface area contributed by atoms with Gasteiger partial charge in [0.15, 0.2) is 6.10 Å². The van der Waals surface area contributed by atoms with Crippen LogP contribution in [0, 0.1) is 0 Å². The fourth-order valence-corrected chi connectivity index (χ4v) is 1.96. The number of esters is 1. The van der Waals surface area contributed by atoms with E-state index >= 15 is 0 Å². The molecule has 0 amide bonds. The monoisotopic (exact) mass is 346 g/mol. The van der Waals surface area contributed by atoms with Gasteiger partial charge in [0, 0.05) is 6.61 Å². The van der Waals surface area contributed by atoms with Crippen LogP contribution in [0.2, 0.25) is 0 Å². The Labute approximate surface area is 146 Å². The molecule has 0 aromatic rings. The van der Waals surface area contributed by atoms with Crippen LogP contribution in [0.4, 0.5) is 4.79 Å². The van der Waals surface area contributed by atoms with E-state index < -0.39 is 18.2 Å². The van der Waals surface area contributed by atoms with Gasteiger partial charge in [-0.2, -0.15) is 0 Å². The number of hydrogen-bond acceptors (Lipinski definition) is 6. The molecule has 142 valence electrons. The van der Waals surface area contributed by atoms with E-state index in [4.69, 9.17) is 18.9 Å². The van der Waals surface area contributed by atoms with Crippen molar-refractivity contribution in [2.75, 3.05) is 26.4 Å². The van der Waals surface area contributed by atoms with Crippen molar-refractivity contribution in [3.05, 3.63) is 0 Å². The van der Waals surface area contributed by atoms with Gasteiger partial charge in [0.25, 0.3) is 0 Å². The van der Waals surface area contributed by atoms with Crippen LogP contribution in [0.15, 0.2) is 0 Å². The Morgan fingerprint density at radius 2 is 1.38 bits per heavy atom. The normalized spacial score (nSPS) is 11.8. The maximum Gasteiger partial charge on any atom is 0.509 e. The summed E-state index contributed by atoms with van der Waals surface area (Å²) < 4.78 is 20.1. The van der Waals surface area contributed by atoms with Crippen molar-refractivity contribution < 1.29 is 28.5 Å². The third kappa shape index (κ3) is 14.3. The van der Waals surface area contributed by atoms with Gasteiger partial charge >= 0.3 is 12.1 Å². The van der Waals surface area contributed by atoms with Crippen LogP contribution >= 0.6 is 0 Å². The zero-order valence-corrected chi connectivity index (χ0v) is 15.5. The van der Waals surface area contributed by atoms with E-state index in [1.165, 1.54) is 19.8 Å². The first-order valence-electron chi connectivity index (χ1n) is 9.19. The van der Waals surface area contributed by atoms with Gasteiger partial charge in [-0.15, -0.1) is 0 Å². The van der Waals surface area contributed by atoms with Crippen LogP contribution in [0.5, 0.6) is 0 Å². The molecule has 0 N–H and O–H groups in total. The van der Waals surface area contributed by atoms with Gasteiger partial charge < -0.3 is 18.9 Å². The van der Waals surface area contributed by atoms with Gasteiger partial charge in [0.05, 0.1) is 13.2 Å². The average Bonchev–Trinajstić information content (AvgIpc) is 2.56. The standard InChI is InChI=1S/C18H34O6/c1-4-6-8-10-12-21-14-15-22-17(19)16(3)24-18(20)23-13-11-9-7-5-2/h16H,4-15H2,1-3H3. The fourth-order valence-electron chi connectivity index (χ4n) is 1.96. The largest absolute Gasteiger partial charge is 0.509 e. The van der Waals surface area contributed by atoms with E-state index in [0.29, 0.717) is 19.8 Å². The lowest BCUT2D eigenvalue weighted by molar-refractivity contribution is -0.155. The lowest BCUT2D eigenvalue weighted by atomic mass is 10.2. The van der Waals surface area contributed by atoms with E-state index in [1.54, 1.807) is 0 Å². The molecule has 0 aliphatic carbocycles. The van der Waals surface area contributed by atoms with Gasteiger partial charge in [0.1, 0.15) is 6.61 Å². The van der Waals surface area contributed by atoms with Gasteiger partial charge in [-0.3, -0.25) is 0 Å². The molecule has 0 aromatic carbocycles. The molecular formula is C18H34O6. The molecule has 0 rings (SSSR count). The van der Waals surface area contributed by atoms with Gasteiger partial charge in [-0.25, -0.2) is 9.59 Å². The summed E-state index contributed by atoms with van der Waals surface area (Å²) >= 11 is 0. The Hall–Kier alpha value is -1.30. The molecule has 6 nitrogen and oxygen atoms in total. The highest BCUT2D eigenvalue weighted by Gasteiger charge is 2.20. The molecule has 24 heavy (non-hydrogen) atoms. The molecule has 0 aromatic heterocycles. The molecule has 0 bridgehead atoms. The molecule has 0 fully saturated rings. The van der Waals surface area contributed by atoms with Gasteiger partial charge in [-0.1, -0.05) is 52.4 Å². The predicted molar refractivity (Wildman–Crippen MR) is 92.0 cm³/mol. The summed E-state index contributed by atoms with van der Waals surface area (Å²) in [7, 11) is 0. The fraction of sp³-hybridized carbons (Fsp3) is 0.889. The molecule has 0 saturated heterocycles. The maximum absolute atomic E-state index is 11.7. The van der Waals surface area contributed by atoms with Crippen molar-refractivity contribution in [1.29, 1.82) is 0 Å². The number of hydrogen-bond donors (Lipinski definition) is 0. The second kappa shape index (κ2) is 16.6. The minimum absolute atomic E-state index is 0.159. The molecule has 6 heteroatoms. The number of carbonyl (C=O) groups is 2. The summed E-state index contributed by atoms with van der Waals surface area (Å²) in [5, 5.41) is 0. The summed E-state index contributed by atoms with van der Waals surface area (Å²) in [6.07, 6.45) is 6.82. The minimum atomic E-state index is -0.974. The van der Waals surface area contributed by atoms with Crippen molar-refractivity contribution in [1.82, 2.24) is 0 Å². The summed E-state index contributed by atoms with van der Waals surface area (Å²) in [6, 6.07) is 0. The maximum atomic E-state index is 11.7. The quantitative estimate of drug-likeness (QED) is 0.326. The molecule has 1 atom stereocenters. The van der Waals surface area contributed by atoms with Crippen molar-refractivity contribution >= 4 is 12.1 Å². The van der Waals surface area contributed by atoms with E-state index in [0.717, 1.165) is 38.5 Å². The molecule has 0 spiro atoms. The third-order valence-corrected chi connectivity index (χ3v) is 3.44. The second-order valence-corrected chi connectivity index (χ2v) is 5.76. The van der Waals surface area contributed by atoms with Crippen LogP contribution in [0.1, 0.15) is 72.1 Å². The number of unbranched alkanes of at least 4 members (excludes halogenated alkanes) is 6. The molecule has 0 radical (unpaired) electrons. The second-order valence-electron chi connectivity index (χ2n) is 5.76. The Bertz CT molecular complexity index is 319. The van der Waals surface area contributed by atoms with Gasteiger partial charge in [-0.05, 0) is 19.8 Å². The number of ether oxygens (including phenoxy) is 4. The Kier molecular flexibility index (Phi) is 15.7. The predicted octanol–water partition coefficient (Wildman–Crippen LogP) is 4.25. The third-order valence-electron chi connectivity index (χ3n) is 3.44. The first kappa shape index (κ1) is 22.7. The molecule has 0 aliphatic rings. The Morgan fingerprint density at radius 1 is 0.750 bits per heavy atom. The molecule has 0 aliphatic heterocycles. The van der Waals surface area contributed by atoms with E-state index in [2.05, 4.69) is 13.8 Å². The number of carbonyl (C=O) groups excluding carboxylic acids is 2. The van der Waals surface area contributed by atoms with Crippen LogP contribution in [-0.2, 0) is 23.7 Å². The Morgan fingerprint density at radius 3 is 2.00 bits per heavy atom. The zero-order valence-electron chi connectivity index (χ0n) is 15.5. The van der Waals surface area contributed by atoms with Crippen LogP contribution < -0.4 is 0 Å². The van der Waals surface area contributed by atoms with Crippen LogP contribution in [-0.4, -0.2) is 44.7 Å². The molecule has 0 saturated carbocycles. The van der Waals surface area contributed by atoms with Crippen molar-refractivity contribution in [2.24, 2.45) is 0 Å². The summed E-state index contributed by atoms with van der Waals surface area (Å²) in [6.45, 7) is 7.23. The highest BCUT2D eigenvalue weighted by molar-refractivity contribution is 5.76. The topological polar surface area (TPSA) is 71.1 Å². The van der Waals surface area contributed by atoms with Crippen molar-refractivity contribution in [3.63, 3.8) is 0 Å². The summed E-state index contributed by atoms with van der Waals surface area (Å²) in [5.74, 6) is -0.590. The highest BCUT2D eigenvalue weighted by atomic mass is 16.7. The van der Waals surface area contributed by atoms with Crippen molar-refractivity contribution in [2.45, 2.75) is 78.2 Å². The molecule has 1 unspecified atom stereocenters. The molecule has 0 heterocycles. The van der Waals surface area contributed by atoms with E-state index in [9.17, 15) is 9.59 Å². The average molecular weight is 346 g/mol. The minimum Gasteiger partial charge on any atom is -0.461 e. The molecular weight excluding hydrogens is 312 g/mol. The highest BCUT2D eigenvalue weighted by Crippen LogP contribution is 2.02. The number of rotatable bonds is 15. The first-order valence-corrected chi connectivity index (χ1v) is 9.19. The van der Waals surface area contributed by atoms with Gasteiger partial charge in [0.2, 0.25) is 0 Å². The SMILES string of the molecule is CCCCCCOCCOC(=O)C(C)OC(=O)OCCCCCC. The Balaban J connectivity index is 3.56. The van der Waals surface area contributed by atoms with Crippen LogP contribution in [0.25, 0.3) is 0 Å². The first-order chi connectivity index (χ1) is 11.6. The summed E-state index contributed by atoms with van der Waals surface area (Å²) in [4.78, 5) is 23.1. The summed E-state index contributed by atoms with van der Waals surface area (Å²) in [5.41, 5.74) is 0. The zero-order chi connectivity index (χ0) is 18.0. The van der Waals surface area contributed by atoms with Crippen molar-refractivity contribution in [3.8, 4) is 0 Å². The van der Waals surface area contributed by atoms with Crippen LogP contribution in [0.3, 0.4) is 0 Å². The smallest absolute Gasteiger partial charge is 0.461 e. The van der Waals surface area contributed by atoms with E-state index in [-0.39, 0.29) is 6.61 Å².